The number of aliphatic hydroxyl groups excluding tert-OH is 1. The van der Waals surface area contributed by atoms with Crippen molar-refractivity contribution in [3.8, 4) is 10.6 Å². The summed E-state index contributed by atoms with van der Waals surface area (Å²) in [5.74, 6) is 0.362. The van der Waals surface area contributed by atoms with E-state index in [0.29, 0.717) is 11.5 Å². The first-order valence-electron chi connectivity index (χ1n) is 7.96. The Morgan fingerprint density at radius 1 is 1.35 bits per heavy atom. The van der Waals surface area contributed by atoms with Crippen LogP contribution in [-0.2, 0) is 0 Å². The third-order valence-electron chi connectivity index (χ3n) is 4.16. The molecule has 0 saturated carbocycles. The Morgan fingerprint density at radius 3 is 2.70 bits per heavy atom. The molecule has 1 aromatic carbocycles. The van der Waals surface area contributed by atoms with Crippen LogP contribution in [0, 0.1) is 0 Å². The molecule has 0 unspecified atom stereocenters. The van der Waals surface area contributed by atoms with Gasteiger partial charge in [-0.2, -0.15) is 0 Å². The van der Waals surface area contributed by atoms with E-state index in [2.05, 4.69) is 24.0 Å². The highest BCUT2D eigenvalue weighted by atomic mass is 32.1. The number of nitrogens with zero attached hydrogens (tertiary/aromatic N) is 3. The van der Waals surface area contributed by atoms with Crippen molar-refractivity contribution in [1.29, 1.82) is 0 Å². The molecule has 1 amide bonds. The first-order valence-corrected chi connectivity index (χ1v) is 8.77. The zero-order chi connectivity index (χ0) is 16.4. The summed E-state index contributed by atoms with van der Waals surface area (Å²) in [4.78, 5) is 14.3. The van der Waals surface area contributed by atoms with E-state index in [1.165, 1.54) is 0 Å². The molecular formula is C17H21N3O2S. The first-order chi connectivity index (χ1) is 11.1. The van der Waals surface area contributed by atoms with Crippen LogP contribution in [0.1, 0.15) is 48.0 Å². The maximum Gasteiger partial charge on any atom is 0.254 e. The summed E-state index contributed by atoms with van der Waals surface area (Å²) in [6.45, 7) is 4.95. The fourth-order valence-electron chi connectivity index (χ4n) is 2.80. The summed E-state index contributed by atoms with van der Waals surface area (Å²) < 4.78 is 0. The first kappa shape index (κ1) is 16.1. The van der Waals surface area contributed by atoms with Crippen LogP contribution in [-0.4, -0.2) is 45.3 Å². The molecule has 1 fully saturated rings. The van der Waals surface area contributed by atoms with Gasteiger partial charge in [-0.05, 0) is 25.0 Å². The predicted molar refractivity (Wildman–Crippen MR) is 90.6 cm³/mol. The number of rotatable bonds is 4. The average Bonchev–Trinajstić information content (AvgIpc) is 3.23. The van der Waals surface area contributed by atoms with E-state index in [0.717, 1.165) is 35.0 Å². The fraction of sp³-hybridized carbons (Fsp3) is 0.471. The zero-order valence-electron chi connectivity index (χ0n) is 13.4. The topological polar surface area (TPSA) is 66.3 Å². The second-order valence-electron chi connectivity index (χ2n) is 6.15. The van der Waals surface area contributed by atoms with Gasteiger partial charge in [-0.3, -0.25) is 4.79 Å². The molecule has 1 atom stereocenters. The lowest BCUT2D eigenvalue weighted by Crippen LogP contribution is -2.37. The van der Waals surface area contributed by atoms with Crippen LogP contribution >= 0.6 is 11.3 Å². The molecule has 1 saturated heterocycles. The van der Waals surface area contributed by atoms with E-state index in [1.54, 1.807) is 16.2 Å². The maximum atomic E-state index is 12.5. The van der Waals surface area contributed by atoms with Gasteiger partial charge < -0.3 is 10.0 Å². The van der Waals surface area contributed by atoms with Crippen LogP contribution in [0.25, 0.3) is 10.6 Å². The van der Waals surface area contributed by atoms with Crippen LogP contribution in [0.2, 0.25) is 0 Å². The summed E-state index contributed by atoms with van der Waals surface area (Å²) in [6.07, 6.45) is 1.83. The smallest absolute Gasteiger partial charge is 0.254 e. The molecule has 0 bridgehead atoms. The van der Waals surface area contributed by atoms with Gasteiger partial charge in [0.2, 0.25) is 0 Å². The summed E-state index contributed by atoms with van der Waals surface area (Å²) in [5, 5.41) is 19.7. The monoisotopic (exact) mass is 331 g/mol. The number of carbonyl (C=O) groups is 1. The minimum Gasteiger partial charge on any atom is -0.394 e. The van der Waals surface area contributed by atoms with Crippen molar-refractivity contribution >= 4 is 17.2 Å². The van der Waals surface area contributed by atoms with Crippen molar-refractivity contribution in [2.24, 2.45) is 0 Å². The molecule has 1 aromatic heterocycles. The van der Waals surface area contributed by atoms with E-state index in [9.17, 15) is 9.90 Å². The Kier molecular flexibility index (Phi) is 4.73. The molecule has 2 aromatic rings. The number of aliphatic hydroxyl groups is 1. The van der Waals surface area contributed by atoms with E-state index in [-0.39, 0.29) is 18.6 Å². The molecule has 6 heteroatoms. The summed E-state index contributed by atoms with van der Waals surface area (Å²) >= 11 is 1.59. The average molecular weight is 331 g/mol. The lowest BCUT2D eigenvalue weighted by molar-refractivity contribution is 0.0677. The largest absolute Gasteiger partial charge is 0.394 e. The van der Waals surface area contributed by atoms with Gasteiger partial charge >= 0.3 is 0 Å². The van der Waals surface area contributed by atoms with Crippen molar-refractivity contribution in [3.63, 3.8) is 0 Å². The normalized spacial score (nSPS) is 17.9. The summed E-state index contributed by atoms with van der Waals surface area (Å²) in [6, 6.07) is 7.46. The molecule has 3 rings (SSSR count). The SMILES string of the molecule is CC(C)c1nnc(-c2ccc(C(=O)N3CCC[C@H]3CO)cc2)s1. The van der Waals surface area contributed by atoms with Crippen molar-refractivity contribution in [2.45, 2.75) is 38.6 Å². The van der Waals surface area contributed by atoms with Gasteiger partial charge in [0, 0.05) is 23.6 Å². The van der Waals surface area contributed by atoms with Crippen molar-refractivity contribution in [3.05, 3.63) is 34.8 Å². The molecular weight excluding hydrogens is 310 g/mol. The van der Waals surface area contributed by atoms with Gasteiger partial charge in [0.15, 0.2) is 0 Å². The Morgan fingerprint density at radius 2 is 2.09 bits per heavy atom. The van der Waals surface area contributed by atoms with Crippen molar-refractivity contribution < 1.29 is 9.90 Å². The second-order valence-corrected chi connectivity index (χ2v) is 7.16. The number of aromatic nitrogens is 2. The van der Waals surface area contributed by atoms with Gasteiger partial charge in [0.05, 0.1) is 12.6 Å². The van der Waals surface area contributed by atoms with Crippen LogP contribution in [0.15, 0.2) is 24.3 Å². The quantitative estimate of drug-likeness (QED) is 0.935. The van der Waals surface area contributed by atoms with E-state index < -0.39 is 0 Å². The Labute approximate surface area is 140 Å². The zero-order valence-corrected chi connectivity index (χ0v) is 14.2. The van der Waals surface area contributed by atoms with E-state index in [1.807, 2.05) is 24.3 Å². The minimum atomic E-state index is -0.0426. The Bertz CT molecular complexity index is 681. The van der Waals surface area contributed by atoms with Crippen LogP contribution in [0.3, 0.4) is 0 Å². The lowest BCUT2D eigenvalue weighted by Gasteiger charge is -2.23. The number of benzene rings is 1. The third-order valence-corrected chi connectivity index (χ3v) is 5.43. The number of likely N-dealkylation sites (tertiary alicyclic amines) is 1. The van der Waals surface area contributed by atoms with Crippen molar-refractivity contribution in [1.82, 2.24) is 15.1 Å². The molecule has 23 heavy (non-hydrogen) atoms. The molecule has 1 aliphatic rings. The molecule has 5 nitrogen and oxygen atoms in total. The highest BCUT2D eigenvalue weighted by Gasteiger charge is 2.28. The molecule has 0 radical (unpaired) electrons. The van der Waals surface area contributed by atoms with Crippen LogP contribution in [0.5, 0.6) is 0 Å². The number of hydrogen-bond acceptors (Lipinski definition) is 5. The van der Waals surface area contributed by atoms with Gasteiger partial charge in [-0.25, -0.2) is 0 Å². The van der Waals surface area contributed by atoms with Crippen molar-refractivity contribution in [2.75, 3.05) is 13.2 Å². The van der Waals surface area contributed by atoms with Gasteiger partial charge in [0.25, 0.3) is 5.91 Å². The Balaban J connectivity index is 1.77. The molecule has 1 aliphatic heterocycles. The van der Waals surface area contributed by atoms with Gasteiger partial charge in [-0.15, -0.1) is 10.2 Å². The van der Waals surface area contributed by atoms with Crippen LogP contribution < -0.4 is 0 Å². The highest BCUT2D eigenvalue weighted by Crippen LogP contribution is 2.28. The fourth-order valence-corrected chi connectivity index (χ4v) is 3.65. The lowest BCUT2D eigenvalue weighted by atomic mass is 10.1. The standard InChI is InChI=1S/C17H21N3O2S/c1-11(2)15-18-19-16(23-15)12-5-7-13(8-6-12)17(22)20-9-3-4-14(20)10-21/h5-8,11,14,21H,3-4,9-10H2,1-2H3/t14-/m0/s1. The van der Waals surface area contributed by atoms with Crippen LogP contribution in [0.4, 0.5) is 0 Å². The molecule has 0 aliphatic carbocycles. The van der Waals surface area contributed by atoms with Gasteiger partial charge in [-0.1, -0.05) is 37.3 Å². The summed E-state index contributed by atoms with van der Waals surface area (Å²) in [5.41, 5.74) is 1.63. The third kappa shape index (κ3) is 3.28. The molecule has 1 N–H and O–H groups in total. The van der Waals surface area contributed by atoms with E-state index >= 15 is 0 Å². The summed E-state index contributed by atoms with van der Waals surface area (Å²) in [7, 11) is 0. The molecule has 2 heterocycles. The maximum absolute atomic E-state index is 12.5. The Hall–Kier alpha value is -1.79. The number of hydrogen-bond donors (Lipinski definition) is 1. The minimum absolute atomic E-state index is 0.00627. The van der Waals surface area contributed by atoms with Gasteiger partial charge in [0.1, 0.15) is 10.0 Å². The van der Waals surface area contributed by atoms with E-state index in [4.69, 9.17) is 0 Å². The predicted octanol–water partition coefficient (Wildman–Crippen LogP) is 2.93. The highest BCUT2D eigenvalue weighted by molar-refractivity contribution is 7.14. The number of amides is 1. The molecule has 122 valence electrons. The molecule has 0 spiro atoms. The second kappa shape index (κ2) is 6.76. The number of carbonyl (C=O) groups excluding carboxylic acids is 1.